The molecule has 1 aromatic carbocycles. The Bertz CT molecular complexity index is 1160. The van der Waals surface area contributed by atoms with E-state index in [-0.39, 0.29) is 5.56 Å². The van der Waals surface area contributed by atoms with Crippen molar-refractivity contribution in [3.05, 3.63) is 57.0 Å². The Morgan fingerprint density at radius 3 is 2.32 bits per heavy atom. The van der Waals surface area contributed by atoms with Crippen LogP contribution in [0.25, 0.3) is 22.2 Å². The molecule has 1 aliphatic rings. The van der Waals surface area contributed by atoms with Crippen molar-refractivity contribution in [2.75, 3.05) is 13.1 Å². The highest BCUT2D eigenvalue weighted by Gasteiger charge is 2.24. The van der Waals surface area contributed by atoms with E-state index in [4.69, 9.17) is 0 Å². The summed E-state index contributed by atoms with van der Waals surface area (Å²) in [6.45, 7) is 15.5. The van der Waals surface area contributed by atoms with Crippen LogP contribution in [0.1, 0.15) is 74.6 Å². The third-order valence-electron chi connectivity index (χ3n) is 7.37. The highest BCUT2D eigenvalue weighted by molar-refractivity contribution is 5.92. The fourth-order valence-corrected chi connectivity index (χ4v) is 5.27. The van der Waals surface area contributed by atoms with Gasteiger partial charge in [0.15, 0.2) is 0 Å². The molecule has 4 rings (SSSR count). The van der Waals surface area contributed by atoms with E-state index >= 15 is 0 Å². The molecule has 31 heavy (non-hydrogen) atoms. The Morgan fingerprint density at radius 1 is 1.03 bits per heavy atom. The topological polar surface area (TPSA) is 41.0 Å². The van der Waals surface area contributed by atoms with Gasteiger partial charge in [0.25, 0.3) is 5.56 Å². The number of piperidine rings is 1. The van der Waals surface area contributed by atoms with Crippen LogP contribution in [0.2, 0.25) is 0 Å². The average Bonchev–Trinajstić information content (AvgIpc) is 3.13. The van der Waals surface area contributed by atoms with Crippen molar-refractivity contribution < 1.29 is 0 Å². The number of rotatable bonds is 4. The predicted molar refractivity (Wildman–Crippen MR) is 131 cm³/mol. The molecule has 0 amide bonds. The minimum Gasteiger partial charge on any atom is -0.354 e. The standard InChI is InChI=1S/C27H37N3O/c1-16(2)25-22-14-21(20-10-12-30(13-11-20)17(3)4)8-9-24(22)28-26(25)23-15-29(7)27(31)19(6)18(23)5/h8-9,14-17,20,28H,10-13H2,1-7H3. The molecule has 0 bridgehead atoms. The van der Waals surface area contributed by atoms with Crippen LogP contribution in [0.3, 0.4) is 0 Å². The smallest absolute Gasteiger partial charge is 0.253 e. The molecule has 0 unspecified atom stereocenters. The average molecular weight is 420 g/mol. The minimum absolute atomic E-state index is 0.0819. The molecule has 1 aliphatic heterocycles. The van der Waals surface area contributed by atoms with Gasteiger partial charge in [0, 0.05) is 41.3 Å². The van der Waals surface area contributed by atoms with Crippen molar-refractivity contribution in [3.8, 4) is 11.3 Å². The number of hydrogen-bond donors (Lipinski definition) is 1. The number of benzene rings is 1. The van der Waals surface area contributed by atoms with E-state index in [1.54, 1.807) is 4.57 Å². The van der Waals surface area contributed by atoms with E-state index in [1.807, 2.05) is 20.2 Å². The van der Waals surface area contributed by atoms with Crippen LogP contribution in [-0.2, 0) is 7.05 Å². The summed E-state index contributed by atoms with van der Waals surface area (Å²) in [5, 5.41) is 1.33. The van der Waals surface area contributed by atoms with E-state index in [9.17, 15) is 4.79 Å². The number of hydrogen-bond acceptors (Lipinski definition) is 2. The summed E-state index contributed by atoms with van der Waals surface area (Å²) in [7, 11) is 1.84. The number of aromatic amines is 1. The minimum atomic E-state index is 0.0819. The Morgan fingerprint density at radius 2 is 1.71 bits per heavy atom. The van der Waals surface area contributed by atoms with Gasteiger partial charge < -0.3 is 14.5 Å². The molecule has 0 aliphatic carbocycles. The van der Waals surface area contributed by atoms with Crippen molar-refractivity contribution in [1.29, 1.82) is 0 Å². The summed E-state index contributed by atoms with van der Waals surface area (Å²) in [4.78, 5) is 18.7. The fourth-order valence-electron chi connectivity index (χ4n) is 5.27. The molecule has 0 radical (unpaired) electrons. The third-order valence-corrected chi connectivity index (χ3v) is 7.37. The second-order valence-corrected chi connectivity index (χ2v) is 9.99. The summed E-state index contributed by atoms with van der Waals surface area (Å²) in [6.07, 6.45) is 4.46. The Labute approximate surface area is 186 Å². The molecule has 1 fully saturated rings. The Hall–Kier alpha value is -2.33. The van der Waals surface area contributed by atoms with Crippen LogP contribution in [0, 0.1) is 13.8 Å². The lowest BCUT2D eigenvalue weighted by Gasteiger charge is -2.34. The highest BCUT2D eigenvalue weighted by atomic mass is 16.1. The number of nitrogens with one attached hydrogen (secondary N) is 1. The second kappa shape index (κ2) is 8.31. The molecule has 3 aromatic rings. The van der Waals surface area contributed by atoms with E-state index in [1.165, 1.54) is 48.0 Å². The number of nitrogens with zero attached hydrogens (tertiary/aromatic N) is 2. The van der Waals surface area contributed by atoms with Gasteiger partial charge in [-0.2, -0.15) is 0 Å². The lowest BCUT2D eigenvalue weighted by atomic mass is 9.87. The zero-order chi connectivity index (χ0) is 22.4. The van der Waals surface area contributed by atoms with Crippen LogP contribution in [0.5, 0.6) is 0 Å². The molecule has 0 spiro atoms. The largest absolute Gasteiger partial charge is 0.354 e. The number of fused-ring (bicyclic) bond motifs is 1. The first-order chi connectivity index (χ1) is 14.7. The van der Waals surface area contributed by atoms with Gasteiger partial charge in [0.05, 0.1) is 5.69 Å². The molecular formula is C27H37N3O. The maximum absolute atomic E-state index is 12.4. The molecule has 1 saturated heterocycles. The molecule has 166 valence electrons. The van der Waals surface area contributed by atoms with Crippen molar-refractivity contribution in [1.82, 2.24) is 14.5 Å². The molecule has 0 saturated carbocycles. The summed E-state index contributed by atoms with van der Waals surface area (Å²) in [6, 6.07) is 7.65. The van der Waals surface area contributed by atoms with E-state index < -0.39 is 0 Å². The van der Waals surface area contributed by atoms with Crippen molar-refractivity contribution >= 4 is 10.9 Å². The van der Waals surface area contributed by atoms with Crippen LogP contribution in [0.4, 0.5) is 0 Å². The second-order valence-electron chi connectivity index (χ2n) is 9.99. The Kier molecular flexibility index (Phi) is 5.87. The first-order valence-electron chi connectivity index (χ1n) is 11.8. The van der Waals surface area contributed by atoms with Gasteiger partial charge >= 0.3 is 0 Å². The fraction of sp³-hybridized carbons (Fsp3) is 0.519. The quantitative estimate of drug-likeness (QED) is 0.575. The van der Waals surface area contributed by atoms with Crippen molar-refractivity contribution in [2.24, 2.45) is 7.05 Å². The number of aromatic nitrogens is 2. The van der Waals surface area contributed by atoms with Crippen molar-refractivity contribution in [3.63, 3.8) is 0 Å². The summed E-state index contributed by atoms with van der Waals surface area (Å²) in [5.74, 6) is 1.03. The molecular weight excluding hydrogens is 382 g/mol. The van der Waals surface area contributed by atoms with Crippen LogP contribution in [-0.4, -0.2) is 33.6 Å². The van der Waals surface area contributed by atoms with Gasteiger partial charge in [0.2, 0.25) is 0 Å². The first kappa shape index (κ1) is 21.9. The van der Waals surface area contributed by atoms with Crippen LogP contribution >= 0.6 is 0 Å². The molecule has 0 atom stereocenters. The number of H-pyrrole nitrogens is 1. The molecule has 2 aromatic heterocycles. The van der Waals surface area contributed by atoms with Gasteiger partial charge in [-0.3, -0.25) is 4.79 Å². The van der Waals surface area contributed by atoms with Gasteiger partial charge in [-0.05, 0) is 94.3 Å². The van der Waals surface area contributed by atoms with E-state index in [0.29, 0.717) is 17.9 Å². The van der Waals surface area contributed by atoms with Gasteiger partial charge in [0.1, 0.15) is 0 Å². The first-order valence-corrected chi connectivity index (χ1v) is 11.8. The Balaban J connectivity index is 1.80. The number of pyridine rings is 1. The van der Waals surface area contributed by atoms with Crippen molar-refractivity contribution in [2.45, 2.75) is 72.3 Å². The molecule has 3 heterocycles. The predicted octanol–water partition coefficient (Wildman–Crippen LogP) is 5.86. The van der Waals surface area contributed by atoms with Crippen LogP contribution < -0.4 is 5.56 Å². The van der Waals surface area contributed by atoms with Gasteiger partial charge in [-0.1, -0.05) is 19.9 Å². The molecule has 1 N–H and O–H groups in total. The summed E-state index contributed by atoms with van der Waals surface area (Å²) < 4.78 is 1.71. The number of aryl methyl sites for hydroxylation is 1. The lowest BCUT2D eigenvalue weighted by Crippen LogP contribution is -2.37. The highest BCUT2D eigenvalue weighted by Crippen LogP contribution is 2.39. The monoisotopic (exact) mass is 419 g/mol. The van der Waals surface area contributed by atoms with Crippen LogP contribution in [0.15, 0.2) is 29.2 Å². The molecule has 4 nitrogen and oxygen atoms in total. The lowest BCUT2D eigenvalue weighted by molar-refractivity contribution is 0.172. The maximum atomic E-state index is 12.4. The zero-order valence-electron chi connectivity index (χ0n) is 20.2. The number of likely N-dealkylation sites (tertiary alicyclic amines) is 1. The SMILES string of the molecule is Cc1c(-c2[nH]c3ccc(C4CCN(C(C)C)CC4)cc3c2C(C)C)cn(C)c(=O)c1C. The van der Waals surface area contributed by atoms with Gasteiger partial charge in [-0.25, -0.2) is 0 Å². The van der Waals surface area contributed by atoms with E-state index in [2.05, 4.69) is 62.7 Å². The zero-order valence-corrected chi connectivity index (χ0v) is 20.2. The normalized spacial score (nSPS) is 16.2. The maximum Gasteiger partial charge on any atom is 0.253 e. The third kappa shape index (κ3) is 3.87. The van der Waals surface area contributed by atoms with E-state index in [0.717, 1.165) is 22.4 Å². The van der Waals surface area contributed by atoms with Gasteiger partial charge in [-0.15, -0.1) is 0 Å². The summed E-state index contributed by atoms with van der Waals surface area (Å²) in [5.41, 5.74) is 8.28. The summed E-state index contributed by atoms with van der Waals surface area (Å²) >= 11 is 0. The molecule has 4 heteroatoms.